The lowest BCUT2D eigenvalue weighted by Gasteiger charge is -2.25. The van der Waals surface area contributed by atoms with Crippen molar-refractivity contribution in [1.29, 1.82) is 0 Å². The van der Waals surface area contributed by atoms with Gasteiger partial charge in [-0.2, -0.15) is 0 Å². The third-order valence-corrected chi connectivity index (χ3v) is 7.13. The first-order valence-corrected chi connectivity index (χ1v) is 14.4. The Bertz CT molecular complexity index is 1400. The summed E-state index contributed by atoms with van der Waals surface area (Å²) in [4.78, 5) is 54.4. The highest BCUT2D eigenvalue weighted by Crippen LogP contribution is 2.19. The summed E-state index contributed by atoms with van der Waals surface area (Å²) < 4.78 is 11.5. The number of likely N-dealkylation sites (N-methyl/N-ethyl adjacent to an activating group) is 1. The van der Waals surface area contributed by atoms with Gasteiger partial charge in [-0.05, 0) is 48.4 Å². The van der Waals surface area contributed by atoms with Crippen LogP contribution in [0.15, 0.2) is 78.9 Å². The third kappa shape index (κ3) is 9.47. The first-order chi connectivity index (χ1) is 20.8. The van der Waals surface area contributed by atoms with Gasteiger partial charge in [-0.15, -0.1) is 0 Å². The van der Waals surface area contributed by atoms with Gasteiger partial charge in [0.2, 0.25) is 17.7 Å². The average molecular weight is 607 g/mol. The maximum atomic E-state index is 13.4. The lowest BCUT2D eigenvalue weighted by Crippen LogP contribution is -2.50. The number of ether oxygens (including phenoxy) is 2. The largest absolute Gasteiger partial charge is 0.492 e. The first kappa shape index (κ1) is 31.4. The summed E-state index contributed by atoms with van der Waals surface area (Å²) in [5, 5.41) is 8.93. The zero-order chi connectivity index (χ0) is 30.6. The van der Waals surface area contributed by atoms with Gasteiger partial charge in [-0.3, -0.25) is 19.2 Å². The number of nitrogens with zero attached hydrogens (tertiary/aromatic N) is 1. The minimum absolute atomic E-state index is 0.00651. The molecule has 3 N–H and O–H groups in total. The molecule has 0 fully saturated rings. The van der Waals surface area contributed by atoms with Crippen LogP contribution in [-0.4, -0.2) is 74.0 Å². The molecule has 2 atom stereocenters. The van der Waals surface area contributed by atoms with Crippen molar-refractivity contribution in [2.45, 2.75) is 31.3 Å². The van der Waals surface area contributed by atoms with E-state index in [0.717, 1.165) is 5.56 Å². The quantitative estimate of drug-likeness (QED) is 0.355. The fourth-order valence-corrected chi connectivity index (χ4v) is 4.67. The van der Waals surface area contributed by atoms with E-state index >= 15 is 0 Å². The number of carbonyl (C=O) groups is 4. The van der Waals surface area contributed by atoms with Crippen LogP contribution in [0.2, 0.25) is 5.02 Å². The summed E-state index contributed by atoms with van der Waals surface area (Å²) in [6.07, 6.45) is 0.209. The van der Waals surface area contributed by atoms with E-state index in [4.69, 9.17) is 21.1 Å². The van der Waals surface area contributed by atoms with E-state index in [2.05, 4.69) is 16.0 Å². The fourth-order valence-electron chi connectivity index (χ4n) is 4.54. The Kier molecular flexibility index (Phi) is 11.4. The van der Waals surface area contributed by atoms with E-state index < -0.39 is 29.8 Å². The average Bonchev–Trinajstić information content (AvgIpc) is 3.01. The second-order valence-corrected chi connectivity index (χ2v) is 10.5. The van der Waals surface area contributed by atoms with Gasteiger partial charge in [0.25, 0.3) is 5.91 Å². The van der Waals surface area contributed by atoms with Crippen LogP contribution in [0.5, 0.6) is 11.5 Å². The van der Waals surface area contributed by atoms with Crippen LogP contribution in [0.3, 0.4) is 0 Å². The van der Waals surface area contributed by atoms with Gasteiger partial charge in [-0.25, -0.2) is 0 Å². The molecule has 0 aliphatic carbocycles. The van der Waals surface area contributed by atoms with Gasteiger partial charge in [0.15, 0.2) is 0 Å². The predicted octanol–water partition coefficient (Wildman–Crippen LogP) is 2.99. The van der Waals surface area contributed by atoms with Gasteiger partial charge in [-0.1, -0.05) is 54.1 Å². The molecule has 10 nitrogen and oxygen atoms in total. The second kappa shape index (κ2) is 15.6. The summed E-state index contributed by atoms with van der Waals surface area (Å²) in [6.45, 7) is 0.705. The molecule has 1 aliphatic rings. The van der Waals surface area contributed by atoms with Crippen molar-refractivity contribution in [2.24, 2.45) is 0 Å². The summed E-state index contributed by atoms with van der Waals surface area (Å²) in [5.41, 5.74) is 1.13. The second-order valence-electron chi connectivity index (χ2n) is 10.1. The van der Waals surface area contributed by atoms with Crippen LogP contribution in [0.25, 0.3) is 0 Å². The number of carbonyl (C=O) groups excluding carboxylic acids is 4. The van der Waals surface area contributed by atoms with Crippen LogP contribution in [-0.2, 0) is 20.8 Å². The number of benzene rings is 3. The molecule has 0 aromatic heterocycles. The predicted molar refractivity (Wildman–Crippen MR) is 162 cm³/mol. The maximum absolute atomic E-state index is 13.4. The molecular formula is C32H35ClN4O6. The molecule has 11 heteroatoms. The number of halogens is 1. The van der Waals surface area contributed by atoms with E-state index in [1.165, 1.54) is 4.90 Å². The normalized spacial score (nSPS) is 18.2. The van der Waals surface area contributed by atoms with E-state index in [1.807, 2.05) is 30.3 Å². The molecule has 3 aromatic carbocycles. The number of hydrogen-bond acceptors (Lipinski definition) is 6. The topological polar surface area (TPSA) is 126 Å². The van der Waals surface area contributed by atoms with E-state index in [1.54, 1.807) is 55.6 Å². The third-order valence-electron chi connectivity index (χ3n) is 6.87. The molecule has 0 saturated carbocycles. The summed E-state index contributed by atoms with van der Waals surface area (Å²) in [7, 11) is 1.64. The van der Waals surface area contributed by atoms with Crippen molar-refractivity contribution >= 4 is 35.2 Å². The maximum Gasteiger partial charge on any atom is 0.255 e. The van der Waals surface area contributed by atoms with Crippen molar-refractivity contribution in [3.05, 3.63) is 95.0 Å². The Morgan fingerprint density at radius 1 is 1.00 bits per heavy atom. The Labute approximate surface area is 255 Å². The molecule has 226 valence electrons. The summed E-state index contributed by atoms with van der Waals surface area (Å²) >= 11 is 5.90. The lowest BCUT2D eigenvalue weighted by molar-refractivity contribution is -0.135. The smallest absolute Gasteiger partial charge is 0.255 e. The molecule has 3 aromatic rings. The summed E-state index contributed by atoms with van der Waals surface area (Å²) in [6, 6.07) is 21.1. The van der Waals surface area contributed by atoms with Gasteiger partial charge >= 0.3 is 0 Å². The van der Waals surface area contributed by atoms with Crippen molar-refractivity contribution < 1.29 is 28.7 Å². The SMILES string of the molecule is CN1CCOc2ccccc2C(=O)N[C@H](C(=O)NCCOc2ccc(Cl)cc2)CCC(=O)N[C@@H](Cc2ccccc2)C1=O. The summed E-state index contributed by atoms with van der Waals surface area (Å²) in [5.74, 6) is -0.754. The zero-order valence-corrected chi connectivity index (χ0v) is 24.6. The molecular weight excluding hydrogens is 572 g/mol. The Hall–Kier alpha value is -4.57. The highest BCUT2D eigenvalue weighted by molar-refractivity contribution is 6.30. The molecule has 0 saturated heterocycles. The first-order valence-electron chi connectivity index (χ1n) is 14.1. The molecule has 0 unspecified atom stereocenters. The number of nitrogens with one attached hydrogen (secondary N) is 3. The fraction of sp³-hybridized carbons (Fsp3) is 0.312. The van der Waals surface area contributed by atoms with Gasteiger partial charge < -0.3 is 30.3 Å². The molecule has 0 spiro atoms. The molecule has 4 amide bonds. The van der Waals surface area contributed by atoms with Crippen molar-refractivity contribution in [1.82, 2.24) is 20.9 Å². The van der Waals surface area contributed by atoms with Crippen molar-refractivity contribution in [3.8, 4) is 11.5 Å². The van der Waals surface area contributed by atoms with Gasteiger partial charge in [0.05, 0.1) is 18.7 Å². The highest BCUT2D eigenvalue weighted by Gasteiger charge is 2.28. The molecule has 43 heavy (non-hydrogen) atoms. The number of para-hydroxylation sites is 1. The molecule has 4 rings (SSSR count). The van der Waals surface area contributed by atoms with Crippen LogP contribution in [0.1, 0.15) is 28.8 Å². The van der Waals surface area contributed by atoms with E-state index in [9.17, 15) is 19.2 Å². The highest BCUT2D eigenvalue weighted by atomic mass is 35.5. The molecule has 0 radical (unpaired) electrons. The van der Waals surface area contributed by atoms with Crippen LogP contribution >= 0.6 is 11.6 Å². The van der Waals surface area contributed by atoms with E-state index in [-0.39, 0.29) is 50.6 Å². The number of hydrogen-bond donors (Lipinski definition) is 3. The van der Waals surface area contributed by atoms with Crippen LogP contribution < -0.4 is 25.4 Å². The van der Waals surface area contributed by atoms with Gasteiger partial charge in [0, 0.05) is 24.9 Å². The van der Waals surface area contributed by atoms with Crippen LogP contribution in [0.4, 0.5) is 0 Å². The molecule has 1 heterocycles. The Morgan fingerprint density at radius 2 is 1.72 bits per heavy atom. The lowest BCUT2D eigenvalue weighted by atomic mass is 10.0. The standard InChI is InChI=1S/C32H35ClN4O6/c1-37-18-20-43-28-10-6-5-9-25(28)30(39)36-26(31(40)34-17-19-42-24-13-11-23(33)12-14-24)15-16-29(38)35-27(32(37)41)21-22-7-3-2-4-8-22/h2-14,26-27H,15-21H2,1H3,(H,34,40)(H,35,38)(H,36,39)/t26-,27-/m0/s1. The Balaban J connectivity index is 1.48. The number of amides is 4. The zero-order valence-electron chi connectivity index (χ0n) is 23.9. The Morgan fingerprint density at radius 3 is 2.49 bits per heavy atom. The van der Waals surface area contributed by atoms with E-state index in [0.29, 0.717) is 22.9 Å². The monoisotopic (exact) mass is 606 g/mol. The van der Waals surface area contributed by atoms with Crippen LogP contribution in [0, 0.1) is 0 Å². The molecule has 0 bridgehead atoms. The molecule has 1 aliphatic heterocycles. The number of rotatable bonds is 7. The minimum Gasteiger partial charge on any atom is -0.492 e. The van der Waals surface area contributed by atoms with Crippen molar-refractivity contribution in [2.75, 3.05) is 33.4 Å². The number of fused-ring (bicyclic) bond motifs is 1. The van der Waals surface area contributed by atoms with Gasteiger partial charge in [0.1, 0.15) is 36.8 Å². The minimum atomic E-state index is -1.03. The van der Waals surface area contributed by atoms with Crippen molar-refractivity contribution in [3.63, 3.8) is 0 Å².